The molecule has 0 spiro atoms. The van der Waals surface area contributed by atoms with Crippen LogP contribution < -0.4 is 0 Å². The van der Waals surface area contributed by atoms with Crippen molar-refractivity contribution in [2.45, 2.75) is 45.5 Å². The summed E-state index contributed by atoms with van der Waals surface area (Å²) in [6.45, 7) is 5.26. The molecule has 3 unspecified atom stereocenters. The first-order chi connectivity index (χ1) is 8.45. The third-order valence-electron chi connectivity index (χ3n) is 2.95. The van der Waals surface area contributed by atoms with Crippen molar-refractivity contribution >= 4 is 5.97 Å². The number of hydrogen-bond acceptors (Lipinski definition) is 3. The number of aliphatic carboxylic acids is 1. The molecule has 100 valence electrons. The van der Waals surface area contributed by atoms with Crippen molar-refractivity contribution in [1.29, 1.82) is 0 Å². The molecule has 0 radical (unpaired) electrons. The molecule has 0 aliphatic rings. The minimum absolute atomic E-state index is 0.531. The summed E-state index contributed by atoms with van der Waals surface area (Å²) < 4.78 is 5.38. The van der Waals surface area contributed by atoms with E-state index in [9.17, 15) is 15.0 Å². The van der Waals surface area contributed by atoms with Gasteiger partial charge < -0.3 is 14.9 Å². The second-order valence-electron chi connectivity index (χ2n) is 4.40. The number of hydrogen-bond donors (Lipinski definition) is 2. The van der Waals surface area contributed by atoms with E-state index in [4.69, 9.17) is 4.74 Å². The highest BCUT2D eigenvalue weighted by atomic mass is 16.5. The molecule has 0 aliphatic heterocycles. The van der Waals surface area contributed by atoms with Crippen LogP contribution in [0.3, 0.4) is 0 Å². The molecule has 0 bridgehead atoms. The van der Waals surface area contributed by atoms with Crippen LogP contribution in [0.4, 0.5) is 0 Å². The number of benzene rings is 1. The molecule has 3 atom stereocenters. The van der Waals surface area contributed by atoms with Crippen LogP contribution in [0.15, 0.2) is 24.3 Å². The van der Waals surface area contributed by atoms with Gasteiger partial charge in [-0.05, 0) is 31.4 Å². The summed E-state index contributed by atoms with van der Waals surface area (Å²) in [5, 5.41) is 18.5. The molecule has 0 aromatic heterocycles. The van der Waals surface area contributed by atoms with Gasteiger partial charge in [-0.2, -0.15) is 0 Å². The Morgan fingerprint density at radius 3 is 2.22 bits per heavy atom. The summed E-state index contributed by atoms with van der Waals surface area (Å²) >= 11 is 0. The minimum atomic E-state index is -1.05. The Morgan fingerprint density at radius 1 is 1.28 bits per heavy atom. The molecule has 1 aromatic rings. The first-order valence-corrected chi connectivity index (χ1v) is 6.10. The van der Waals surface area contributed by atoms with Crippen LogP contribution in [0.2, 0.25) is 0 Å². The lowest BCUT2D eigenvalue weighted by molar-refractivity contribution is -0.158. The third-order valence-corrected chi connectivity index (χ3v) is 2.95. The molecule has 0 fully saturated rings. The average Bonchev–Trinajstić information content (AvgIpc) is 2.35. The van der Waals surface area contributed by atoms with E-state index in [2.05, 4.69) is 0 Å². The lowest BCUT2D eigenvalue weighted by Gasteiger charge is -2.21. The lowest BCUT2D eigenvalue weighted by atomic mass is 10.1. The van der Waals surface area contributed by atoms with Gasteiger partial charge in [0, 0.05) is 0 Å². The predicted octanol–water partition coefficient (Wildman–Crippen LogP) is 2.16. The molecule has 1 aromatic carbocycles. The SMILES string of the molecule is CCc1ccc(C(OC(C)C(C)O)C(=O)O)cc1. The predicted molar refractivity (Wildman–Crippen MR) is 68.4 cm³/mol. The highest BCUT2D eigenvalue weighted by molar-refractivity contribution is 5.74. The molecule has 0 aliphatic carbocycles. The summed E-state index contributed by atoms with van der Waals surface area (Å²) in [6, 6.07) is 7.29. The molecule has 0 saturated heterocycles. The molecular formula is C14H20O4. The normalized spacial score (nSPS) is 16.0. The highest BCUT2D eigenvalue weighted by Crippen LogP contribution is 2.21. The van der Waals surface area contributed by atoms with Crippen molar-refractivity contribution in [2.24, 2.45) is 0 Å². The van der Waals surface area contributed by atoms with Crippen molar-refractivity contribution in [3.63, 3.8) is 0 Å². The van der Waals surface area contributed by atoms with Crippen LogP contribution in [0.5, 0.6) is 0 Å². The minimum Gasteiger partial charge on any atom is -0.479 e. The fraction of sp³-hybridized carbons (Fsp3) is 0.500. The zero-order valence-corrected chi connectivity index (χ0v) is 11.0. The summed E-state index contributed by atoms with van der Waals surface area (Å²) in [6.07, 6.45) is -1.37. The third kappa shape index (κ3) is 3.82. The number of rotatable bonds is 6. The van der Waals surface area contributed by atoms with E-state index in [-0.39, 0.29) is 0 Å². The van der Waals surface area contributed by atoms with E-state index in [1.54, 1.807) is 26.0 Å². The lowest BCUT2D eigenvalue weighted by Crippen LogP contribution is -2.28. The summed E-state index contributed by atoms with van der Waals surface area (Å²) in [4.78, 5) is 11.2. The van der Waals surface area contributed by atoms with Crippen molar-refractivity contribution < 1.29 is 19.7 Å². The molecule has 4 heteroatoms. The van der Waals surface area contributed by atoms with E-state index in [1.165, 1.54) is 0 Å². The number of aliphatic hydroxyl groups is 1. The number of carbonyl (C=O) groups is 1. The summed E-state index contributed by atoms with van der Waals surface area (Å²) in [5.41, 5.74) is 1.73. The van der Waals surface area contributed by atoms with E-state index >= 15 is 0 Å². The second-order valence-corrected chi connectivity index (χ2v) is 4.40. The Balaban J connectivity index is 2.87. The molecule has 18 heavy (non-hydrogen) atoms. The average molecular weight is 252 g/mol. The van der Waals surface area contributed by atoms with Gasteiger partial charge in [-0.15, -0.1) is 0 Å². The zero-order valence-electron chi connectivity index (χ0n) is 11.0. The standard InChI is InChI=1S/C14H20O4/c1-4-11-5-7-12(8-6-11)13(14(16)17)18-10(3)9(2)15/h5-10,13,15H,4H2,1-3H3,(H,16,17). The molecule has 4 nitrogen and oxygen atoms in total. The number of aliphatic hydroxyl groups excluding tert-OH is 1. The van der Waals surface area contributed by atoms with Gasteiger partial charge in [-0.25, -0.2) is 4.79 Å². The van der Waals surface area contributed by atoms with Crippen molar-refractivity contribution in [1.82, 2.24) is 0 Å². The number of carboxylic acids is 1. The molecule has 0 saturated carbocycles. The van der Waals surface area contributed by atoms with Gasteiger partial charge in [0.25, 0.3) is 0 Å². The van der Waals surface area contributed by atoms with Crippen LogP contribution in [0, 0.1) is 0 Å². The van der Waals surface area contributed by atoms with Crippen LogP contribution in [0.25, 0.3) is 0 Å². The number of carboxylic acid groups (broad SMARTS) is 1. The van der Waals surface area contributed by atoms with E-state index in [1.807, 2.05) is 19.1 Å². The maximum Gasteiger partial charge on any atom is 0.337 e. The molecule has 2 N–H and O–H groups in total. The van der Waals surface area contributed by atoms with Crippen molar-refractivity contribution in [2.75, 3.05) is 0 Å². The monoisotopic (exact) mass is 252 g/mol. The number of ether oxygens (including phenoxy) is 1. The van der Waals surface area contributed by atoms with Crippen molar-refractivity contribution in [3.05, 3.63) is 35.4 Å². The van der Waals surface area contributed by atoms with Gasteiger partial charge in [-0.1, -0.05) is 31.2 Å². The molecule has 0 amide bonds. The Labute approximate surface area is 107 Å². The maximum atomic E-state index is 11.2. The first-order valence-electron chi connectivity index (χ1n) is 6.10. The smallest absolute Gasteiger partial charge is 0.337 e. The number of aryl methyl sites for hydroxylation is 1. The second kappa shape index (κ2) is 6.52. The first kappa shape index (κ1) is 14.7. The van der Waals surface area contributed by atoms with Crippen LogP contribution in [-0.4, -0.2) is 28.4 Å². The molecule has 0 heterocycles. The van der Waals surface area contributed by atoms with Gasteiger partial charge in [0.05, 0.1) is 12.2 Å². The topological polar surface area (TPSA) is 66.8 Å². The zero-order chi connectivity index (χ0) is 13.7. The maximum absolute atomic E-state index is 11.2. The van der Waals surface area contributed by atoms with Crippen molar-refractivity contribution in [3.8, 4) is 0 Å². The van der Waals surface area contributed by atoms with Crippen LogP contribution >= 0.6 is 0 Å². The van der Waals surface area contributed by atoms with E-state index in [0.29, 0.717) is 5.56 Å². The van der Waals surface area contributed by atoms with Crippen LogP contribution in [0.1, 0.15) is 38.0 Å². The van der Waals surface area contributed by atoms with Gasteiger partial charge >= 0.3 is 5.97 Å². The van der Waals surface area contributed by atoms with E-state index in [0.717, 1.165) is 12.0 Å². The largest absolute Gasteiger partial charge is 0.479 e. The fourth-order valence-corrected chi connectivity index (χ4v) is 1.54. The van der Waals surface area contributed by atoms with Gasteiger partial charge in [0.1, 0.15) is 0 Å². The quantitative estimate of drug-likeness (QED) is 0.814. The Morgan fingerprint density at radius 2 is 1.83 bits per heavy atom. The summed E-state index contributed by atoms with van der Waals surface area (Å²) in [5.74, 6) is -1.05. The molecule has 1 rings (SSSR count). The molecular weight excluding hydrogens is 232 g/mol. The Bertz CT molecular complexity index is 383. The Kier molecular flexibility index (Phi) is 5.31. The van der Waals surface area contributed by atoms with Crippen LogP contribution in [-0.2, 0) is 16.0 Å². The van der Waals surface area contributed by atoms with Gasteiger partial charge in [0.2, 0.25) is 0 Å². The van der Waals surface area contributed by atoms with Gasteiger partial charge in [0.15, 0.2) is 6.10 Å². The highest BCUT2D eigenvalue weighted by Gasteiger charge is 2.24. The summed E-state index contributed by atoms with van der Waals surface area (Å²) in [7, 11) is 0. The fourth-order valence-electron chi connectivity index (χ4n) is 1.54. The van der Waals surface area contributed by atoms with Gasteiger partial charge in [-0.3, -0.25) is 0 Å². The van der Waals surface area contributed by atoms with E-state index < -0.39 is 24.3 Å². The Hall–Kier alpha value is -1.39.